The van der Waals surface area contributed by atoms with E-state index in [1.807, 2.05) is 11.9 Å². The van der Waals surface area contributed by atoms with E-state index in [4.69, 9.17) is 0 Å². The molecule has 0 spiro atoms. The summed E-state index contributed by atoms with van der Waals surface area (Å²) >= 11 is 0. The van der Waals surface area contributed by atoms with Crippen molar-refractivity contribution in [3.05, 3.63) is 0 Å². The van der Waals surface area contributed by atoms with Crippen molar-refractivity contribution in [2.75, 3.05) is 13.6 Å². The van der Waals surface area contributed by atoms with Crippen LogP contribution in [0.25, 0.3) is 0 Å². The summed E-state index contributed by atoms with van der Waals surface area (Å²) in [6, 6.07) is 0. The van der Waals surface area contributed by atoms with Gasteiger partial charge in [-0.2, -0.15) is 0 Å². The Morgan fingerprint density at radius 3 is 2.90 bits per heavy atom. The molecule has 1 heterocycles. The van der Waals surface area contributed by atoms with E-state index in [0.29, 0.717) is 5.91 Å². The first-order valence-corrected chi connectivity index (χ1v) is 3.94. The molecule has 1 aliphatic heterocycles. The van der Waals surface area contributed by atoms with E-state index in [1.165, 1.54) is 6.42 Å². The minimum absolute atomic E-state index is 0.310. The van der Waals surface area contributed by atoms with E-state index in [0.717, 1.165) is 25.3 Å². The van der Waals surface area contributed by atoms with Crippen LogP contribution >= 0.6 is 0 Å². The van der Waals surface area contributed by atoms with Gasteiger partial charge >= 0.3 is 0 Å². The van der Waals surface area contributed by atoms with Gasteiger partial charge in [-0.15, -0.1) is 0 Å². The molecule has 1 aliphatic rings. The van der Waals surface area contributed by atoms with Crippen LogP contribution in [-0.4, -0.2) is 24.4 Å². The van der Waals surface area contributed by atoms with Crippen molar-refractivity contribution in [1.29, 1.82) is 0 Å². The molecule has 0 bridgehead atoms. The SMILES string of the molecule is C[C@@H]1CCC(=O)N(C)CC1. The fourth-order valence-corrected chi connectivity index (χ4v) is 1.24. The van der Waals surface area contributed by atoms with Crippen LogP contribution in [0.15, 0.2) is 0 Å². The number of amides is 1. The van der Waals surface area contributed by atoms with E-state index in [2.05, 4.69) is 6.92 Å². The van der Waals surface area contributed by atoms with Crippen molar-refractivity contribution in [3.63, 3.8) is 0 Å². The van der Waals surface area contributed by atoms with Gasteiger partial charge in [0.05, 0.1) is 0 Å². The van der Waals surface area contributed by atoms with Gasteiger partial charge in [0, 0.05) is 20.0 Å². The van der Waals surface area contributed by atoms with Gasteiger partial charge in [0.15, 0.2) is 0 Å². The molecule has 0 radical (unpaired) electrons. The Kier molecular flexibility index (Phi) is 2.30. The normalized spacial score (nSPS) is 28.4. The number of rotatable bonds is 0. The lowest BCUT2D eigenvalue weighted by molar-refractivity contribution is -0.129. The van der Waals surface area contributed by atoms with E-state index in [-0.39, 0.29) is 0 Å². The van der Waals surface area contributed by atoms with Crippen molar-refractivity contribution >= 4 is 5.91 Å². The van der Waals surface area contributed by atoms with Gasteiger partial charge < -0.3 is 4.90 Å². The summed E-state index contributed by atoms with van der Waals surface area (Å²) in [4.78, 5) is 12.9. The molecule has 58 valence electrons. The number of likely N-dealkylation sites (tertiary alicyclic amines) is 1. The molecule has 1 amide bonds. The van der Waals surface area contributed by atoms with Crippen LogP contribution in [0.2, 0.25) is 0 Å². The number of carbonyl (C=O) groups is 1. The highest BCUT2D eigenvalue weighted by molar-refractivity contribution is 5.76. The minimum Gasteiger partial charge on any atom is -0.346 e. The summed E-state index contributed by atoms with van der Waals surface area (Å²) in [6.45, 7) is 3.16. The Labute approximate surface area is 62.2 Å². The van der Waals surface area contributed by atoms with E-state index in [9.17, 15) is 4.79 Å². The molecule has 0 aromatic heterocycles. The first kappa shape index (κ1) is 7.58. The number of carbonyl (C=O) groups excluding carboxylic acids is 1. The molecule has 2 nitrogen and oxygen atoms in total. The van der Waals surface area contributed by atoms with Gasteiger partial charge in [0.1, 0.15) is 0 Å². The van der Waals surface area contributed by atoms with Crippen LogP contribution < -0.4 is 0 Å². The summed E-state index contributed by atoms with van der Waals surface area (Å²) in [5.41, 5.74) is 0. The summed E-state index contributed by atoms with van der Waals surface area (Å²) in [5.74, 6) is 1.04. The number of nitrogens with zero attached hydrogens (tertiary/aromatic N) is 1. The lowest BCUT2D eigenvalue weighted by Crippen LogP contribution is -2.25. The molecule has 1 fully saturated rings. The second-order valence-electron chi connectivity index (χ2n) is 3.25. The van der Waals surface area contributed by atoms with Crippen molar-refractivity contribution in [2.24, 2.45) is 5.92 Å². The molecular formula is C8H15NO. The maximum Gasteiger partial charge on any atom is 0.222 e. The molecule has 0 saturated carbocycles. The Morgan fingerprint density at radius 2 is 2.20 bits per heavy atom. The van der Waals surface area contributed by atoms with Gasteiger partial charge in [-0.1, -0.05) is 6.92 Å². The Morgan fingerprint density at radius 1 is 1.50 bits per heavy atom. The lowest BCUT2D eigenvalue weighted by atomic mass is 10.0. The summed E-state index contributed by atoms with van der Waals surface area (Å²) in [7, 11) is 1.89. The Bertz CT molecular complexity index is 133. The molecule has 0 N–H and O–H groups in total. The van der Waals surface area contributed by atoms with Crippen LogP contribution in [0.4, 0.5) is 0 Å². The number of hydrogen-bond donors (Lipinski definition) is 0. The largest absolute Gasteiger partial charge is 0.346 e. The number of hydrogen-bond acceptors (Lipinski definition) is 1. The van der Waals surface area contributed by atoms with Gasteiger partial charge in [0.25, 0.3) is 0 Å². The maximum absolute atomic E-state index is 11.1. The van der Waals surface area contributed by atoms with Gasteiger partial charge in [-0.25, -0.2) is 0 Å². The quantitative estimate of drug-likeness (QED) is 0.497. The molecule has 2 heteroatoms. The van der Waals surface area contributed by atoms with Crippen molar-refractivity contribution in [1.82, 2.24) is 4.90 Å². The van der Waals surface area contributed by atoms with Crippen molar-refractivity contribution < 1.29 is 4.79 Å². The highest BCUT2D eigenvalue weighted by Crippen LogP contribution is 2.15. The molecule has 0 aliphatic carbocycles. The van der Waals surface area contributed by atoms with Crippen LogP contribution in [-0.2, 0) is 4.79 Å². The predicted octanol–water partition coefficient (Wildman–Crippen LogP) is 1.26. The average Bonchev–Trinajstić information content (AvgIpc) is 2.04. The second kappa shape index (κ2) is 3.04. The summed E-state index contributed by atoms with van der Waals surface area (Å²) in [5, 5.41) is 0. The zero-order chi connectivity index (χ0) is 7.56. The average molecular weight is 141 g/mol. The summed E-state index contributed by atoms with van der Waals surface area (Å²) in [6.07, 6.45) is 2.99. The van der Waals surface area contributed by atoms with Crippen LogP contribution in [0.5, 0.6) is 0 Å². The molecule has 1 atom stereocenters. The zero-order valence-corrected chi connectivity index (χ0v) is 6.76. The first-order chi connectivity index (χ1) is 4.70. The van der Waals surface area contributed by atoms with Gasteiger partial charge in [0.2, 0.25) is 5.91 Å². The van der Waals surface area contributed by atoms with Gasteiger partial charge in [-0.3, -0.25) is 4.79 Å². The fourth-order valence-electron chi connectivity index (χ4n) is 1.24. The molecule has 10 heavy (non-hydrogen) atoms. The first-order valence-electron chi connectivity index (χ1n) is 3.94. The molecule has 1 saturated heterocycles. The van der Waals surface area contributed by atoms with Gasteiger partial charge in [-0.05, 0) is 18.8 Å². The zero-order valence-electron chi connectivity index (χ0n) is 6.76. The highest BCUT2D eigenvalue weighted by Gasteiger charge is 2.15. The molecule has 1 rings (SSSR count). The van der Waals surface area contributed by atoms with Crippen LogP contribution in [0.3, 0.4) is 0 Å². The third kappa shape index (κ3) is 1.72. The maximum atomic E-state index is 11.1. The predicted molar refractivity (Wildman–Crippen MR) is 40.7 cm³/mol. The van der Waals surface area contributed by atoms with Crippen LogP contribution in [0.1, 0.15) is 26.2 Å². The van der Waals surface area contributed by atoms with E-state index < -0.39 is 0 Å². The molecule has 0 aromatic rings. The highest BCUT2D eigenvalue weighted by atomic mass is 16.2. The Balaban J connectivity index is 2.46. The molecule has 0 aromatic carbocycles. The summed E-state index contributed by atoms with van der Waals surface area (Å²) < 4.78 is 0. The Hall–Kier alpha value is -0.530. The van der Waals surface area contributed by atoms with Crippen LogP contribution in [0, 0.1) is 5.92 Å². The lowest BCUT2D eigenvalue weighted by Gasteiger charge is -2.12. The van der Waals surface area contributed by atoms with E-state index >= 15 is 0 Å². The minimum atomic E-state index is 0.310. The monoisotopic (exact) mass is 141 g/mol. The molecule has 0 unspecified atom stereocenters. The fraction of sp³-hybridized carbons (Fsp3) is 0.875. The third-order valence-corrected chi connectivity index (χ3v) is 2.23. The smallest absolute Gasteiger partial charge is 0.222 e. The third-order valence-electron chi connectivity index (χ3n) is 2.23. The van der Waals surface area contributed by atoms with E-state index in [1.54, 1.807) is 0 Å². The second-order valence-corrected chi connectivity index (χ2v) is 3.25. The molecular weight excluding hydrogens is 126 g/mol. The topological polar surface area (TPSA) is 20.3 Å². The van der Waals surface area contributed by atoms with Crippen molar-refractivity contribution in [2.45, 2.75) is 26.2 Å². The standard InChI is InChI=1S/C8H15NO/c1-7-3-4-8(10)9(2)6-5-7/h7H,3-6H2,1-2H3/t7-/m1/s1. The van der Waals surface area contributed by atoms with Crippen molar-refractivity contribution in [3.8, 4) is 0 Å².